The highest BCUT2D eigenvalue weighted by molar-refractivity contribution is 4.97. The van der Waals surface area contributed by atoms with Crippen molar-refractivity contribution in [1.29, 1.82) is 0 Å². The molecule has 2 heteroatoms. The first-order valence-corrected chi connectivity index (χ1v) is 7.06. The first kappa shape index (κ1) is 12.4. The molecule has 2 aliphatic rings. The van der Waals surface area contributed by atoms with Crippen molar-refractivity contribution in [2.45, 2.75) is 70.9 Å². The van der Waals surface area contributed by atoms with E-state index in [-0.39, 0.29) is 5.41 Å². The Hall–Kier alpha value is -0.0800. The minimum absolute atomic E-state index is 0.140. The molecule has 2 N–H and O–H groups in total. The Balaban J connectivity index is 1.91. The standard InChI is InChI=1S/C14H27NO/c1-3-5-12(11-7-8-11)15-13-6-4-9-14(13,2)10-16/h11-13,15-16H,3-10H2,1-2H3. The molecule has 2 aliphatic carbocycles. The lowest BCUT2D eigenvalue weighted by atomic mass is 9.85. The van der Waals surface area contributed by atoms with Crippen LogP contribution in [0.2, 0.25) is 0 Å². The summed E-state index contributed by atoms with van der Waals surface area (Å²) in [5.41, 5.74) is 0.140. The van der Waals surface area contributed by atoms with E-state index in [1.54, 1.807) is 0 Å². The van der Waals surface area contributed by atoms with Crippen molar-refractivity contribution in [3.8, 4) is 0 Å². The Bertz CT molecular complexity index is 227. The monoisotopic (exact) mass is 225 g/mol. The highest BCUT2D eigenvalue weighted by atomic mass is 16.3. The summed E-state index contributed by atoms with van der Waals surface area (Å²) in [6.07, 6.45) is 9.13. The fraction of sp³-hybridized carbons (Fsp3) is 1.00. The van der Waals surface area contributed by atoms with Gasteiger partial charge in [-0.1, -0.05) is 26.7 Å². The molecule has 2 rings (SSSR count). The van der Waals surface area contributed by atoms with Crippen molar-refractivity contribution >= 4 is 0 Å². The lowest BCUT2D eigenvalue weighted by Crippen LogP contribution is -2.47. The van der Waals surface area contributed by atoms with E-state index >= 15 is 0 Å². The molecule has 2 nitrogen and oxygen atoms in total. The zero-order valence-corrected chi connectivity index (χ0v) is 10.8. The average Bonchev–Trinajstić information content (AvgIpc) is 3.05. The predicted octanol–water partition coefficient (Wildman–Crippen LogP) is 2.71. The largest absolute Gasteiger partial charge is 0.396 e. The molecule has 0 amide bonds. The molecule has 0 aromatic carbocycles. The van der Waals surface area contributed by atoms with Gasteiger partial charge in [-0.3, -0.25) is 0 Å². The van der Waals surface area contributed by atoms with Gasteiger partial charge >= 0.3 is 0 Å². The molecule has 0 aromatic rings. The van der Waals surface area contributed by atoms with Crippen LogP contribution in [-0.2, 0) is 0 Å². The van der Waals surface area contributed by atoms with Gasteiger partial charge in [0, 0.05) is 24.1 Å². The first-order valence-electron chi connectivity index (χ1n) is 7.06. The second-order valence-corrected chi connectivity index (χ2v) is 6.16. The maximum atomic E-state index is 9.55. The Kier molecular flexibility index (Phi) is 3.91. The van der Waals surface area contributed by atoms with Crippen LogP contribution >= 0.6 is 0 Å². The quantitative estimate of drug-likeness (QED) is 0.728. The van der Waals surface area contributed by atoms with Crippen molar-refractivity contribution in [3.63, 3.8) is 0 Å². The summed E-state index contributed by atoms with van der Waals surface area (Å²) < 4.78 is 0. The summed E-state index contributed by atoms with van der Waals surface area (Å²) in [5.74, 6) is 0.934. The van der Waals surface area contributed by atoms with E-state index in [1.165, 1.54) is 44.9 Å². The Labute approximate surface area is 99.8 Å². The maximum Gasteiger partial charge on any atom is 0.0499 e. The van der Waals surface area contributed by atoms with Crippen LogP contribution in [0.15, 0.2) is 0 Å². The molecule has 0 aliphatic heterocycles. The summed E-state index contributed by atoms with van der Waals surface area (Å²) >= 11 is 0. The lowest BCUT2D eigenvalue weighted by Gasteiger charge is -2.34. The van der Waals surface area contributed by atoms with Crippen molar-refractivity contribution in [1.82, 2.24) is 5.32 Å². The van der Waals surface area contributed by atoms with Gasteiger partial charge in [0.05, 0.1) is 0 Å². The lowest BCUT2D eigenvalue weighted by molar-refractivity contribution is 0.110. The van der Waals surface area contributed by atoms with Crippen LogP contribution in [0.4, 0.5) is 0 Å². The van der Waals surface area contributed by atoms with Gasteiger partial charge in [0.15, 0.2) is 0 Å². The van der Waals surface area contributed by atoms with Crippen molar-refractivity contribution in [2.75, 3.05) is 6.61 Å². The number of aliphatic hydroxyl groups is 1. The third-order valence-corrected chi connectivity index (χ3v) is 4.65. The fourth-order valence-corrected chi connectivity index (χ4v) is 3.23. The van der Waals surface area contributed by atoms with Gasteiger partial charge in [-0.05, 0) is 38.0 Å². The maximum absolute atomic E-state index is 9.55. The molecular weight excluding hydrogens is 198 g/mol. The van der Waals surface area contributed by atoms with E-state index in [4.69, 9.17) is 0 Å². The Morgan fingerprint density at radius 1 is 1.38 bits per heavy atom. The molecule has 0 bridgehead atoms. The fourth-order valence-electron chi connectivity index (χ4n) is 3.23. The van der Waals surface area contributed by atoms with Crippen LogP contribution in [-0.4, -0.2) is 23.8 Å². The van der Waals surface area contributed by atoms with Crippen molar-refractivity contribution in [2.24, 2.45) is 11.3 Å². The van der Waals surface area contributed by atoms with E-state index in [0.717, 1.165) is 12.0 Å². The van der Waals surface area contributed by atoms with Crippen LogP contribution in [0, 0.1) is 11.3 Å². The van der Waals surface area contributed by atoms with E-state index in [0.29, 0.717) is 12.6 Å². The van der Waals surface area contributed by atoms with Crippen LogP contribution in [0.25, 0.3) is 0 Å². The molecule has 3 unspecified atom stereocenters. The molecule has 3 atom stereocenters. The molecule has 2 fully saturated rings. The summed E-state index contributed by atoms with van der Waals surface area (Å²) in [6.45, 7) is 4.86. The summed E-state index contributed by atoms with van der Waals surface area (Å²) in [6, 6.07) is 1.27. The molecule has 0 spiro atoms. The summed E-state index contributed by atoms with van der Waals surface area (Å²) in [4.78, 5) is 0. The van der Waals surface area contributed by atoms with Gasteiger partial charge in [0.1, 0.15) is 0 Å². The van der Waals surface area contributed by atoms with Crippen molar-refractivity contribution in [3.05, 3.63) is 0 Å². The zero-order valence-electron chi connectivity index (χ0n) is 10.8. The predicted molar refractivity (Wildman–Crippen MR) is 67.4 cm³/mol. The van der Waals surface area contributed by atoms with Gasteiger partial charge < -0.3 is 10.4 Å². The number of rotatable bonds is 6. The SMILES string of the molecule is CCCC(NC1CCCC1(C)CO)C1CC1. The molecule has 0 heterocycles. The minimum atomic E-state index is 0.140. The first-order chi connectivity index (χ1) is 7.69. The normalized spacial score (nSPS) is 36.6. The Morgan fingerprint density at radius 2 is 2.12 bits per heavy atom. The second-order valence-electron chi connectivity index (χ2n) is 6.16. The minimum Gasteiger partial charge on any atom is -0.396 e. The zero-order chi connectivity index (χ0) is 11.6. The van der Waals surface area contributed by atoms with Crippen LogP contribution in [0.3, 0.4) is 0 Å². The van der Waals surface area contributed by atoms with E-state index < -0.39 is 0 Å². The van der Waals surface area contributed by atoms with Crippen LogP contribution < -0.4 is 5.32 Å². The van der Waals surface area contributed by atoms with Gasteiger partial charge in [-0.2, -0.15) is 0 Å². The molecule has 0 aromatic heterocycles. The number of hydrogen-bond donors (Lipinski definition) is 2. The van der Waals surface area contributed by atoms with Crippen LogP contribution in [0.5, 0.6) is 0 Å². The third kappa shape index (κ3) is 2.60. The topological polar surface area (TPSA) is 32.3 Å². The third-order valence-electron chi connectivity index (χ3n) is 4.65. The molecule has 94 valence electrons. The van der Waals surface area contributed by atoms with Gasteiger partial charge in [-0.25, -0.2) is 0 Å². The number of aliphatic hydroxyl groups excluding tert-OH is 1. The van der Waals surface area contributed by atoms with Gasteiger partial charge in [-0.15, -0.1) is 0 Å². The van der Waals surface area contributed by atoms with E-state index in [1.807, 2.05) is 0 Å². The Morgan fingerprint density at radius 3 is 2.69 bits per heavy atom. The van der Waals surface area contributed by atoms with E-state index in [9.17, 15) is 5.11 Å². The molecule has 2 saturated carbocycles. The molecular formula is C14H27NO. The summed E-state index contributed by atoms with van der Waals surface area (Å²) in [5, 5.41) is 13.4. The molecule has 0 saturated heterocycles. The average molecular weight is 225 g/mol. The summed E-state index contributed by atoms with van der Waals surface area (Å²) in [7, 11) is 0. The second kappa shape index (κ2) is 5.05. The van der Waals surface area contributed by atoms with Crippen molar-refractivity contribution < 1.29 is 5.11 Å². The highest BCUT2D eigenvalue weighted by Crippen LogP contribution is 2.40. The van der Waals surface area contributed by atoms with Gasteiger partial charge in [0.25, 0.3) is 0 Å². The highest BCUT2D eigenvalue weighted by Gasteiger charge is 2.41. The van der Waals surface area contributed by atoms with Gasteiger partial charge in [0.2, 0.25) is 0 Å². The smallest absolute Gasteiger partial charge is 0.0499 e. The number of nitrogens with one attached hydrogen (secondary N) is 1. The van der Waals surface area contributed by atoms with Crippen LogP contribution in [0.1, 0.15) is 58.8 Å². The molecule has 16 heavy (non-hydrogen) atoms. The molecule has 0 radical (unpaired) electrons. The number of hydrogen-bond acceptors (Lipinski definition) is 2. The van der Waals surface area contributed by atoms with E-state index in [2.05, 4.69) is 19.2 Å².